The average Bonchev–Trinajstić information content (AvgIpc) is 2.98. The second kappa shape index (κ2) is 8.25. The maximum absolute atomic E-state index is 4.43. The number of nitrogens with one attached hydrogen (secondary N) is 1. The zero-order valence-electron chi connectivity index (χ0n) is 13.2. The zero-order valence-corrected chi connectivity index (χ0v) is 14.0. The molecule has 0 aliphatic heterocycles. The summed E-state index contributed by atoms with van der Waals surface area (Å²) in [5, 5.41) is 3.54. The van der Waals surface area contributed by atoms with E-state index in [2.05, 4.69) is 59.9 Å². The van der Waals surface area contributed by atoms with Crippen LogP contribution in [0.2, 0.25) is 0 Å². The Morgan fingerprint density at radius 3 is 2.95 bits per heavy atom. The Labute approximate surface area is 132 Å². The Kier molecular flexibility index (Phi) is 6.33. The van der Waals surface area contributed by atoms with Gasteiger partial charge in [0, 0.05) is 29.9 Å². The highest BCUT2D eigenvalue weighted by molar-refractivity contribution is 7.98. The van der Waals surface area contributed by atoms with Crippen molar-refractivity contribution in [2.45, 2.75) is 50.4 Å². The number of benzene rings is 1. The van der Waals surface area contributed by atoms with Gasteiger partial charge in [-0.2, -0.15) is 0 Å². The topological polar surface area (TPSA) is 29.9 Å². The summed E-state index contributed by atoms with van der Waals surface area (Å²) in [7, 11) is 0. The SMILES string of the molecule is CCCNC(C)c1cccc(SCc2nccn2CC)c1. The first-order valence-corrected chi connectivity index (χ1v) is 8.69. The maximum Gasteiger partial charge on any atom is 0.119 e. The highest BCUT2D eigenvalue weighted by Crippen LogP contribution is 2.25. The van der Waals surface area contributed by atoms with Crippen molar-refractivity contribution in [2.75, 3.05) is 6.54 Å². The minimum Gasteiger partial charge on any atom is -0.335 e. The van der Waals surface area contributed by atoms with Crippen molar-refractivity contribution < 1.29 is 0 Å². The van der Waals surface area contributed by atoms with Crippen LogP contribution in [0.15, 0.2) is 41.6 Å². The second-order valence-electron chi connectivity index (χ2n) is 5.17. The molecule has 21 heavy (non-hydrogen) atoms. The predicted octanol–water partition coefficient (Wildman–Crippen LogP) is 4.26. The van der Waals surface area contributed by atoms with Gasteiger partial charge < -0.3 is 9.88 Å². The fraction of sp³-hybridized carbons (Fsp3) is 0.471. The van der Waals surface area contributed by atoms with E-state index in [0.717, 1.165) is 24.7 Å². The highest BCUT2D eigenvalue weighted by atomic mass is 32.2. The third-order valence-corrected chi connectivity index (χ3v) is 4.56. The van der Waals surface area contributed by atoms with E-state index >= 15 is 0 Å². The van der Waals surface area contributed by atoms with E-state index in [1.807, 2.05) is 24.2 Å². The molecule has 1 atom stereocenters. The number of aromatic nitrogens is 2. The van der Waals surface area contributed by atoms with Gasteiger partial charge in [-0.1, -0.05) is 19.1 Å². The van der Waals surface area contributed by atoms with Crippen LogP contribution in [-0.2, 0) is 12.3 Å². The number of hydrogen-bond acceptors (Lipinski definition) is 3. The monoisotopic (exact) mass is 303 g/mol. The molecule has 1 unspecified atom stereocenters. The summed E-state index contributed by atoms with van der Waals surface area (Å²) >= 11 is 1.85. The van der Waals surface area contributed by atoms with Crippen LogP contribution in [0.3, 0.4) is 0 Å². The molecule has 1 heterocycles. The first-order chi connectivity index (χ1) is 10.2. The van der Waals surface area contributed by atoms with E-state index in [-0.39, 0.29) is 0 Å². The van der Waals surface area contributed by atoms with E-state index < -0.39 is 0 Å². The normalized spacial score (nSPS) is 12.5. The summed E-state index contributed by atoms with van der Waals surface area (Å²) in [5.74, 6) is 2.06. The maximum atomic E-state index is 4.43. The summed E-state index contributed by atoms with van der Waals surface area (Å²) in [5.41, 5.74) is 1.35. The van der Waals surface area contributed by atoms with Gasteiger partial charge in [-0.15, -0.1) is 11.8 Å². The molecule has 2 rings (SSSR count). The van der Waals surface area contributed by atoms with Crippen LogP contribution in [0.4, 0.5) is 0 Å². The van der Waals surface area contributed by atoms with E-state index in [9.17, 15) is 0 Å². The van der Waals surface area contributed by atoms with Crippen molar-refractivity contribution in [3.8, 4) is 0 Å². The van der Waals surface area contributed by atoms with Gasteiger partial charge in [0.1, 0.15) is 5.82 Å². The van der Waals surface area contributed by atoms with Gasteiger partial charge in [0.15, 0.2) is 0 Å². The fourth-order valence-electron chi connectivity index (χ4n) is 2.27. The number of nitrogens with zero attached hydrogens (tertiary/aromatic N) is 2. The number of imidazole rings is 1. The van der Waals surface area contributed by atoms with Gasteiger partial charge >= 0.3 is 0 Å². The Morgan fingerprint density at radius 2 is 2.19 bits per heavy atom. The van der Waals surface area contributed by atoms with Crippen LogP contribution in [0.1, 0.15) is 44.6 Å². The molecule has 0 aliphatic carbocycles. The molecule has 0 aliphatic rings. The average molecular weight is 303 g/mol. The molecule has 0 spiro atoms. The lowest BCUT2D eigenvalue weighted by molar-refractivity contribution is 0.570. The first kappa shape index (κ1) is 16.1. The quantitative estimate of drug-likeness (QED) is 0.739. The molecule has 114 valence electrons. The summed E-state index contributed by atoms with van der Waals surface area (Å²) in [6, 6.07) is 9.22. The molecular formula is C17H25N3S. The minimum absolute atomic E-state index is 0.406. The predicted molar refractivity (Wildman–Crippen MR) is 90.6 cm³/mol. The van der Waals surface area contributed by atoms with Crippen molar-refractivity contribution in [1.82, 2.24) is 14.9 Å². The molecule has 0 radical (unpaired) electrons. The molecule has 0 saturated heterocycles. The molecule has 0 saturated carbocycles. The summed E-state index contributed by atoms with van der Waals surface area (Å²) in [6.07, 6.45) is 5.09. The smallest absolute Gasteiger partial charge is 0.119 e. The minimum atomic E-state index is 0.406. The summed E-state index contributed by atoms with van der Waals surface area (Å²) in [4.78, 5) is 5.74. The Morgan fingerprint density at radius 1 is 1.33 bits per heavy atom. The molecule has 0 amide bonds. The largest absolute Gasteiger partial charge is 0.335 e. The van der Waals surface area contributed by atoms with Crippen molar-refractivity contribution >= 4 is 11.8 Å². The van der Waals surface area contributed by atoms with Crippen LogP contribution in [0.5, 0.6) is 0 Å². The standard InChI is InChI=1S/C17H25N3S/c1-4-9-18-14(3)15-7-6-8-16(12-15)21-13-17-19-10-11-20(17)5-2/h6-8,10-12,14,18H,4-5,9,13H2,1-3H3. The molecule has 0 fully saturated rings. The number of rotatable bonds is 8. The van der Waals surface area contributed by atoms with Crippen LogP contribution < -0.4 is 5.32 Å². The van der Waals surface area contributed by atoms with Crippen molar-refractivity contribution in [2.24, 2.45) is 0 Å². The third kappa shape index (κ3) is 4.61. The molecule has 1 N–H and O–H groups in total. The van der Waals surface area contributed by atoms with Crippen LogP contribution >= 0.6 is 11.8 Å². The molecule has 1 aromatic heterocycles. The van der Waals surface area contributed by atoms with Crippen molar-refractivity contribution in [3.05, 3.63) is 48.0 Å². The molecule has 0 bridgehead atoms. The number of thioether (sulfide) groups is 1. The van der Waals surface area contributed by atoms with Gasteiger partial charge in [0.05, 0.1) is 5.75 Å². The Bertz CT molecular complexity index is 550. The lowest BCUT2D eigenvalue weighted by atomic mass is 10.1. The van der Waals surface area contributed by atoms with Gasteiger partial charge in [-0.3, -0.25) is 0 Å². The van der Waals surface area contributed by atoms with Gasteiger partial charge in [0.2, 0.25) is 0 Å². The van der Waals surface area contributed by atoms with E-state index in [4.69, 9.17) is 0 Å². The van der Waals surface area contributed by atoms with Crippen LogP contribution in [0.25, 0.3) is 0 Å². The van der Waals surface area contributed by atoms with E-state index in [0.29, 0.717) is 6.04 Å². The number of aryl methyl sites for hydroxylation is 1. The molecule has 1 aromatic carbocycles. The lowest BCUT2D eigenvalue weighted by Gasteiger charge is -2.14. The Balaban J connectivity index is 1.97. The molecule has 2 aromatic rings. The molecule has 3 nitrogen and oxygen atoms in total. The highest BCUT2D eigenvalue weighted by Gasteiger charge is 2.06. The number of hydrogen-bond donors (Lipinski definition) is 1. The Hall–Kier alpha value is -1.26. The van der Waals surface area contributed by atoms with Crippen LogP contribution in [-0.4, -0.2) is 16.1 Å². The van der Waals surface area contributed by atoms with Gasteiger partial charge in [-0.25, -0.2) is 4.98 Å². The van der Waals surface area contributed by atoms with Gasteiger partial charge in [-0.05, 0) is 44.5 Å². The third-order valence-electron chi connectivity index (χ3n) is 3.57. The molecule has 4 heteroatoms. The molecular weight excluding hydrogens is 278 g/mol. The summed E-state index contributed by atoms with van der Waals surface area (Å²) in [6.45, 7) is 8.61. The van der Waals surface area contributed by atoms with E-state index in [1.165, 1.54) is 16.9 Å². The lowest BCUT2D eigenvalue weighted by Crippen LogP contribution is -2.19. The second-order valence-corrected chi connectivity index (χ2v) is 6.22. The first-order valence-electron chi connectivity index (χ1n) is 7.70. The van der Waals surface area contributed by atoms with Crippen molar-refractivity contribution in [1.29, 1.82) is 0 Å². The van der Waals surface area contributed by atoms with E-state index in [1.54, 1.807) is 0 Å². The van der Waals surface area contributed by atoms with Crippen molar-refractivity contribution in [3.63, 3.8) is 0 Å². The van der Waals surface area contributed by atoms with Gasteiger partial charge in [0.25, 0.3) is 0 Å². The fourth-order valence-corrected chi connectivity index (χ4v) is 3.20. The zero-order chi connectivity index (χ0) is 15.1. The van der Waals surface area contributed by atoms with Crippen LogP contribution in [0, 0.1) is 0 Å². The summed E-state index contributed by atoms with van der Waals surface area (Å²) < 4.78 is 2.20.